The molecule has 1 heterocycles. The number of ether oxygens (including phenoxy) is 1. The maximum atomic E-state index is 12.9. The zero-order chi connectivity index (χ0) is 27.8. The van der Waals surface area contributed by atoms with Crippen molar-refractivity contribution < 1.29 is 41.0 Å². The van der Waals surface area contributed by atoms with Gasteiger partial charge in [-0.2, -0.15) is 31.4 Å². The number of hydrogen-bond acceptors (Lipinski definition) is 4. The molecule has 1 N–H and O–H groups in total. The summed E-state index contributed by atoms with van der Waals surface area (Å²) in [6, 6.07) is 10.7. The average molecular weight is 531 g/mol. The van der Waals surface area contributed by atoms with E-state index in [1.54, 1.807) is 26.0 Å². The molecule has 0 bridgehead atoms. The van der Waals surface area contributed by atoms with E-state index in [9.17, 15) is 36.2 Å². The quantitative estimate of drug-likeness (QED) is 0.395. The van der Waals surface area contributed by atoms with E-state index in [4.69, 9.17) is 4.74 Å². The Morgan fingerprint density at radius 3 is 2.03 bits per heavy atom. The molecular formula is C26H28F6N2O3. The number of aliphatic hydroxyl groups excluding tert-OH is 1. The molecule has 202 valence electrons. The first kappa shape index (κ1) is 28.5. The number of hydrogen-bond donors (Lipinski definition) is 1. The summed E-state index contributed by atoms with van der Waals surface area (Å²) in [6.45, 7) is 5.72. The molecule has 0 radical (unpaired) electrons. The van der Waals surface area contributed by atoms with Crippen molar-refractivity contribution in [2.75, 3.05) is 5.01 Å². The molecule has 1 amide bonds. The van der Waals surface area contributed by atoms with Crippen LogP contribution in [0.15, 0.2) is 53.6 Å². The summed E-state index contributed by atoms with van der Waals surface area (Å²) in [6.07, 6.45) is -10.3. The molecule has 11 heteroatoms. The largest absolute Gasteiger partial charge is 0.485 e. The predicted octanol–water partition coefficient (Wildman–Crippen LogP) is 6.54. The molecule has 1 unspecified atom stereocenters. The topological polar surface area (TPSA) is 62.1 Å². The predicted molar refractivity (Wildman–Crippen MR) is 126 cm³/mol. The number of aliphatic hydroxyl groups is 1. The Morgan fingerprint density at radius 2 is 1.51 bits per heavy atom. The standard InChI is InChI=1S/C26H28F6N2O3/c1-23(2)20(33-34(22(23)36)18-12-10-17(11-13-18)25(27,28)29)7-5-6-16-8-14-19(15-9-16)37-24(3,4)21(35)26(30,31)32/h8-15,21,35H,5-7H2,1-4H3. The first-order valence-electron chi connectivity index (χ1n) is 11.6. The van der Waals surface area contributed by atoms with Gasteiger partial charge in [0.15, 0.2) is 6.10 Å². The third-order valence-corrected chi connectivity index (χ3v) is 6.26. The summed E-state index contributed by atoms with van der Waals surface area (Å²) in [5.74, 6) is -0.163. The molecule has 0 saturated carbocycles. The zero-order valence-corrected chi connectivity index (χ0v) is 20.7. The Hall–Kier alpha value is -3.08. The lowest BCUT2D eigenvalue weighted by Crippen LogP contribution is -2.50. The van der Waals surface area contributed by atoms with Crippen molar-refractivity contribution in [3.63, 3.8) is 0 Å². The van der Waals surface area contributed by atoms with E-state index in [0.717, 1.165) is 36.6 Å². The highest BCUT2D eigenvalue weighted by Gasteiger charge is 2.49. The number of benzene rings is 2. The van der Waals surface area contributed by atoms with E-state index in [2.05, 4.69) is 5.10 Å². The zero-order valence-electron chi connectivity index (χ0n) is 20.7. The molecule has 0 fully saturated rings. The van der Waals surface area contributed by atoms with Crippen molar-refractivity contribution in [3.05, 3.63) is 59.7 Å². The Kier molecular flexibility index (Phi) is 7.70. The van der Waals surface area contributed by atoms with Crippen molar-refractivity contribution >= 4 is 17.3 Å². The van der Waals surface area contributed by atoms with E-state index in [0.29, 0.717) is 25.0 Å². The van der Waals surface area contributed by atoms with Crippen LogP contribution in [0, 0.1) is 5.41 Å². The summed E-state index contributed by atoms with van der Waals surface area (Å²) in [4.78, 5) is 12.9. The summed E-state index contributed by atoms with van der Waals surface area (Å²) < 4.78 is 82.4. The third kappa shape index (κ3) is 6.44. The highest BCUT2D eigenvalue weighted by atomic mass is 19.4. The number of aryl methyl sites for hydroxylation is 1. The first-order valence-corrected chi connectivity index (χ1v) is 11.6. The fraction of sp³-hybridized carbons (Fsp3) is 0.462. The van der Waals surface area contributed by atoms with Crippen LogP contribution in [0.5, 0.6) is 5.75 Å². The van der Waals surface area contributed by atoms with Crippen LogP contribution >= 0.6 is 0 Å². The van der Waals surface area contributed by atoms with Crippen LogP contribution in [0.1, 0.15) is 51.7 Å². The van der Waals surface area contributed by atoms with Crippen LogP contribution in [0.25, 0.3) is 0 Å². The van der Waals surface area contributed by atoms with Crippen LogP contribution in [-0.4, -0.2) is 34.6 Å². The Bertz CT molecular complexity index is 1140. The van der Waals surface area contributed by atoms with Crippen LogP contribution in [-0.2, 0) is 17.4 Å². The van der Waals surface area contributed by atoms with Crippen molar-refractivity contribution in [2.24, 2.45) is 10.5 Å². The maximum absolute atomic E-state index is 12.9. The first-order chi connectivity index (χ1) is 16.9. The molecule has 1 aliphatic heterocycles. The SMILES string of the molecule is CC1(C)C(=O)N(c2ccc(C(F)(F)F)cc2)N=C1CCCc1ccc(OC(C)(C)C(O)C(F)(F)F)cc1. The second kappa shape index (κ2) is 10.00. The van der Waals surface area contributed by atoms with Gasteiger partial charge in [0.05, 0.1) is 22.4 Å². The summed E-state index contributed by atoms with van der Waals surface area (Å²) >= 11 is 0. The summed E-state index contributed by atoms with van der Waals surface area (Å²) in [7, 11) is 0. The van der Waals surface area contributed by atoms with E-state index >= 15 is 0 Å². The second-order valence-corrected chi connectivity index (χ2v) is 9.98. The molecular weight excluding hydrogens is 502 g/mol. The maximum Gasteiger partial charge on any atom is 0.418 e. The number of rotatable bonds is 8. The van der Waals surface area contributed by atoms with Crippen LogP contribution in [0.2, 0.25) is 0 Å². The minimum absolute atomic E-state index is 0.177. The van der Waals surface area contributed by atoms with Gasteiger partial charge in [-0.05, 0) is 88.9 Å². The number of hydrazone groups is 1. The molecule has 5 nitrogen and oxygen atoms in total. The summed E-state index contributed by atoms with van der Waals surface area (Å²) in [5, 5.41) is 15.0. The van der Waals surface area contributed by atoms with Gasteiger partial charge in [0.2, 0.25) is 0 Å². The number of anilines is 1. The van der Waals surface area contributed by atoms with Crippen molar-refractivity contribution in [1.82, 2.24) is 0 Å². The number of halogens is 6. The van der Waals surface area contributed by atoms with E-state index in [1.807, 2.05) is 0 Å². The monoisotopic (exact) mass is 530 g/mol. The number of carbonyl (C=O) groups excluding carboxylic acids is 1. The summed E-state index contributed by atoms with van der Waals surface area (Å²) in [5.41, 5.74) is -1.90. The molecule has 0 aliphatic carbocycles. The minimum Gasteiger partial charge on any atom is -0.485 e. The molecule has 2 aromatic rings. The highest BCUT2D eigenvalue weighted by molar-refractivity contribution is 6.18. The molecule has 1 atom stereocenters. The highest BCUT2D eigenvalue weighted by Crippen LogP contribution is 2.36. The van der Waals surface area contributed by atoms with Gasteiger partial charge in [0.1, 0.15) is 11.4 Å². The van der Waals surface area contributed by atoms with Crippen molar-refractivity contribution in [3.8, 4) is 5.75 Å². The molecule has 0 aromatic heterocycles. The van der Waals surface area contributed by atoms with Crippen LogP contribution < -0.4 is 9.75 Å². The third-order valence-electron chi connectivity index (χ3n) is 6.26. The Balaban J connectivity index is 1.62. The fourth-order valence-electron chi connectivity index (χ4n) is 3.95. The lowest BCUT2D eigenvalue weighted by atomic mass is 9.84. The van der Waals surface area contributed by atoms with Gasteiger partial charge in [-0.15, -0.1) is 0 Å². The van der Waals surface area contributed by atoms with Gasteiger partial charge in [-0.25, -0.2) is 5.01 Å². The Labute approximate surface area is 210 Å². The fourth-order valence-corrected chi connectivity index (χ4v) is 3.95. The number of nitrogens with zero attached hydrogens (tertiary/aromatic N) is 2. The Morgan fingerprint density at radius 1 is 0.946 bits per heavy atom. The van der Waals surface area contributed by atoms with Crippen LogP contribution in [0.3, 0.4) is 0 Å². The lowest BCUT2D eigenvalue weighted by molar-refractivity contribution is -0.243. The number of alkyl halides is 6. The van der Waals surface area contributed by atoms with Crippen LogP contribution in [0.4, 0.5) is 32.0 Å². The number of amides is 1. The molecule has 3 rings (SSSR count). The smallest absolute Gasteiger partial charge is 0.418 e. The van der Waals surface area contributed by atoms with Gasteiger partial charge in [0.25, 0.3) is 5.91 Å². The van der Waals surface area contributed by atoms with E-state index < -0.39 is 35.0 Å². The molecule has 2 aromatic carbocycles. The normalized spacial score (nSPS) is 17.1. The number of carbonyl (C=O) groups is 1. The van der Waals surface area contributed by atoms with E-state index in [1.165, 1.54) is 24.3 Å². The second-order valence-electron chi connectivity index (χ2n) is 9.98. The molecule has 37 heavy (non-hydrogen) atoms. The van der Waals surface area contributed by atoms with Gasteiger partial charge < -0.3 is 9.84 Å². The lowest BCUT2D eigenvalue weighted by Gasteiger charge is -2.32. The van der Waals surface area contributed by atoms with Gasteiger partial charge in [0, 0.05) is 0 Å². The van der Waals surface area contributed by atoms with Crippen molar-refractivity contribution in [1.29, 1.82) is 0 Å². The van der Waals surface area contributed by atoms with Crippen molar-refractivity contribution in [2.45, 2.75) is 71.0 Å². The van der Waals surface area contributed by atoms with Gasteiger partial charge >= 0.3 is 12.4 Å². The molecule has 0 spiro atoms. The molecule has 0 saturated heterocycles. The van der Waals surface area contributed by atoms with E-state index in [-0.39, 0.29) is 17.3 Å². The average Bonchev–Trinajstić information content (AvgIpc) is 3.02. The van der Waals surface area contributed by atoms with Gasteiger partial charge in [-0.1, -0.05) is 12.1 Å². The minimum atomic E-state index is -4.82. The van der Waals surface area contributed by atoms with Gasteiger partial charge in [-0.3, -0.25) is 4.79 Å². The molecule has 1 aliphatic rings.